The summed E-state index contributed by atoms with van der Waals surface area (Å²) < 4.78 is 0. The molecule has 0 bridgehead atoms. The van der Waals surface area contributed by atoms with Crippen LogP contribution in [0.15, 0.2) is 0 Å². The van der Waals surface area contributed by atoms with Crippen LogP contribution in [-0.4, -0.2) is 36.6 Å². The Bertz CT molecular complexity index is 158. The molecule has 1 saturated heterocycles. The number of piperazine rings is 1. The van der Waals surface area contributed by atoms with Crippen molar-refractivity contribution >= 4 is 0 Å². The zero-order valence-electron chi connectivity index (χ0n) is 10.2. The summed E-state index contributed by atoms with van der Waals surface area (Å²) in [7, 11) is 0. The lowest BCUT2D eigenvalue weighted by molar-refractivity contribution is 0.138. The van der Waals surface area contributed by atoms with Crippen LogP contribution < -0.4 is 5.32 Å². The Morgan fingerprint density at radius 1 is 1.43 bits per heavy atom. The summed E-state index contributed by atoms with van der Waals surface area (Å²) in [5.41, 5.74) is 0. The molecule has 1 heterocycles. The van der Waals surface area contributed by atoms with Gasteiger partial charge in [-0.3, -0.25) is 4.90 Å². The van der Waals surface area contributed by atoms with E-state index in [0.717, 1.165) is 18.5 Å². The third-order valence-corrected chi connectivity index (χ3v) is 3.50. The largest absolute Gasteiger partial charge is 0.311 e. The molecule has 0 spiro atoms. The van der Waals surface area contributed by atoms with Gasteiger partial charge in [-0.2, -0.15) is 0 Å². The van der Waals surface area contributed by atoms with Crippen LogP contribution in [0.3, 0.4) is 0 Å². The highest BCUT2D eigenvalue weighted by atomic mass is 15.2. The van der Waals surface area contributed by atoms with Crippen molar-refractivity contribution in [1.82, 2.24) is 10.2 Å². The van der Waals surface area contributed by atoms with Crippen LogP contribution in [-0.2, 0) is 0 Å². The molecule has 0 aliphatic carbocycles. The summed E-state index contributed by atoms with van der Waals surface area (Å²) in [6, 6.07) is 1.39. The quantitative estimate of drug-likeness (QED) is 0.744. The number of hydrogen-bond donors (Lipinski definition) is 1. The highest BCUT2D eigenvalue weighted by molar-refractivity contribution is 4.81. The molecule has 1 fully saturated rings. The van der Waals surface area contributed by atoms with E-state index in [-0.39, 0.29) is 0 Å². The van der Waals surface area contributed by atoms with Gasteiger partial charge in [-0.1, -0.05) is 20.3 Å². The van der Waals surface area contributed by atoms with Crippen molar-refractivity contribution in [3.63, 3.8) is 0 Å². The second-order valence-electron chi connectivity index (χ2n) is 4.96. The summed E-state index contributed by atoms with van der Waals surface area (Å²) in [6.07, 6.45) is 2.67. The molecule has 0 aromatic heterocycles. The maximum atomic E-state index is 3.52. The first-order valence-corrected chi connectivity index (χ1v) is 6.11. The molecule has 14 heavy (non-hydrogen) atoms. The third-order valence-electron chi connectivity index (χ3n) is 3.50. The standard InChI is InChI=1S/C12H26N2/c1-5-10(2)6-7-14-9-11(3)13-8-12(14)4/h10-13H,5-9H2,1-4H3. The third kappa shape index (κ3) is 3.58. The number of nitrogens with zero attached hydrogens (tertiary/aromatic N) is 1. The highest BCUT2D eigenvalue weighted by Gasteiger charge is 2.21. The summed E-state index contributed by atoms with van der Waals surface area (Å²) in [4.78, 5) is 2.63. The lowest BCUT2D eigenvalue weighted by Gasteiger charge is -2.38. The minimum absolute atomic E-state index is 0.670. The van der Waals surface area contributed by atoms with Crippen molar-refractivity contribution in [2.75, 3.05) is 19.6 Å². The first-order valence-electron chi connectivity index (χ1n) is 6.11. The van der Waals surface area contributed by atoms with Crippen molar-refractivity contribution in [1.29, 1.82) is 0 Å². The molecule has 84 valence electrons. The molecule has 0 aromatic rings. The Kier molecular flexibility index (Phi) is 4.90. The normalized spacial score (nSPS) is 31.7. The van der Waals surface area contributed by atoms with Crippen molar-refractivity contribution in [2.24, 2.45) is 5.92 Å². The second kappa shape index (κ2) is 5.72. The van der Waals surface area contributed by atoms with E-state index < -0.39 is 0 Å². The second-order valence-corrected chi connectivity index (χ2v) is 4.96. The lowest BCUT2D eigenvalue weighted by atomic mass is 10.0. The molecule has 3 atom stereocenters. The van der Waals surface area contributed by atoms with E-state index in [4.69, 9.17) is 0 Å². The van der Waals surface area contributed by atoms with E-state index in [1.54, 1.807) is 0 Å². The van der Waals surface area contributed by atoms with E-state index in [1.807, 2.05) is 0 Å². The number of hydrogen-bond acceptors (Lipinski definition) is 2. The maximum Gasteiger partial charge on any atom is 0.0193 e. The molecule has 3 unspecified atom stereocenters. The van der Waals surface area contributed by atoms with Gasteiger partial charge in [0.2, 0.25) is 0 Å². The molecule has 1 aliphatic rings. The van der Waals surface area contributed by atoms with Crippen LogP contribution in [0.4, 0.5) is 0 Å². The minimum atomic E-state index is 0.670. The lowest BCUT2D eigenvalue weighted by Crippen LogP contribution is -2.54. The van der Waals surface area contributed by atoms with Gasteiger partial charge in [-0.15, -0.1) is 0 Å². The summed E-state index contributed by atoms with van der Waals surface area (Å²) >= 11 is 0. The highest BCUT2D eigenvalue weighted by Crippen LogP contribution is 2.12. The Labute approximate surface area is 89.1 Å². The Morgan fingerprint density at radius 2 is 2.14 bits per heavy atom. The average Bonchev–Trinajstić information content (AvgIpc) is 2.19. The molecule has 0 radical (unpaired) electrons. The number of nitrogens with one attached hydrogen (secondary N) is 1. The predicted octanol–water partition coefficient (Wildman–Crippen LogP) is 2.10. The molecule has 1 N–H and O–H groups in total. The molecule has 0 saturated carbocycles. The van der Waals surface area contributed by atoms with Gasteiger partial charge in [0.05, 0.1) is 0 Å². The van der Waals surface area contributed by atoms with Crippen LogP contribution in [0.5, 0.6) is 0 Å². The maximum absolute atomic E-state index is 3.52. The van der Waals surface area contributed by atoms with Crippen LogP contribution >= 0.6 is 0 Å². The van der Waals surface area contributed by atoms with Crippen molar-refractivity contribution in [3.05, 3.63) is 0 Å². The predicted molar refractivity (Wildman–Crippen MR) is 62.6 cm³/mol. The molecule has 2 heteroatoms. The van der Waals surface area contributed by atoms with E-state index >= 15 is 0 Å². The fraction of sp³-hybridized carbons (Fsp3) is 1.00. The van der Waals surface area contributed by atoms with Crippen LogP contribution in [0.2, 0.25) is 0 Å². The zero-order chi connectivity index (χ0) is 10.6. The fourth-order valence-electron chi connectivity index (χ4n) is 2.00. The molecular formula is C12H26N2. The smallest absolute Gasteiger partial charge is 0.0193 e. The SMILES string of the molecule is CCC(C)CCN1CC(C)NCC1C. The van der Waals surface area contributed by atoms with E-state index in [1.165, 1.54) is 25.9 Å². The van der Waals surface area contributed by atoms with Gasteiger partial charge in [0.15, 0.2) is 0 Å². The van der Waals surface area contributed by atoms with Crippen LogP contribution in [0.25, 0.3) is 0 Å². The van der Waals surface area contributed by atoms with Gasteiger partial charge in [-0.05, 0) is 32.7 Å². The fourth-order valence-corrected chi connectivity index (χ4v) is 2.00. The average molecular weight is 198 g/mol. The van der Waals surface area contributed by atoms with Crippen molar-refractivity contribution in [2.45, 2.75) is 52.6 Å². The summed E-state index contributed by atoms with van der Waals surface area (Å²) in [6.45, 7) is 12.9. The molecule has 0 aromatic carbocycles. The van der Waals surface area contributed by atoms with E-state index in [9.17, 15) is 0 Å². The Morgan fingerprint density at radius 3 is 2.79 bits per heavy atom. The van der Waals surface area contributed by atoms with Crippen LogP contribution in [0, 0.1) is 5.92 Å². The van der Waals surface area contributed by atoms with Gasteiger partial charge < -0.3 is 5.32 Å². The Hall–Kier alpha value is -0.0800. The number of rotatable bonds is 4. The molecule has 0 amide bonds. The first-order chi connectivity index (χ1) is 6.63. The Balaban J connectivity index is 2.27. The van der Waals surface area contributed by atoms with Gasteiger partial charge >= 0.3 is 0 Å². The van der Waals surface area contributed by atoms with Gasteiger partial charge in [0, 0.05) is 25.2 Å². The van der Waals surface area contributed by atoms with E-state index in [0.29, 0.717) is 6.04 Å². The van der Waals surface area contributed by atoms with Crippen molar-refractivity contribution in [3.8, 4) is 0 Å². The van der Waals surface area contributed by atoms with Gasteiger partial charge in [0.1, 0.15) is 0 Å². The summed E-state index contributed by atoms with van der Waals surface area (Å²) in [5, 5.41) is 3.52. The molecule has 1 rings (SSSR count). The minimum Gasteiger partial charge on any atom is -0.311 e. The summed E-state index contributed by atoms with van der Waals surface area (Å²) in [5.74, 6) is 0.882. The molecular weight excluding hydrogens is 172 g/mol. The monoisotopic (exact) mass is 198 g/mol. The first kappa shape index (κ1) is 12.0. The molecule has 1 aliphatic heterocycles. The van der Waals surface area contributed by atoms with E-state index in [2.05, 4.69) is 37.9 Å². The van der Waals surface area contributed by atoms with Crippen molar-refractivity contribution < 1.29 is 0 Å². The van der Waals surface area contributed by atoms with Crippen LogP contribution in [0.1, 0.15) is 40.5 Å². The molecule has 2 nitrogen and oxygen atoms in total. The zero-order valence-corrected chi connectivity index (χ0v) is 10.2. The van der Waals surface area contributed by atoms with Gasteiger partial charge in [0.25, 0.3) is 0 Å². The van der Waals surface area contributed by atoms with Gasteiger partial charge in [-0.25, -0.2) is 0 Å². The topological polar surface area (TPSA) is 15.3 Å².